The summed E-state index contributed by atoms with van der Waals surface area (Å²) in [6.45, 7) is 1.86. The third kappa shape index (κ3) is 3.90. The molecule has 0 spiro atoms. The zero-order valence-corrected chi connectivity index (χ0v) is 16.6. The number of halogens is 1. The molecule has 0 radical (unpaired) electrons. The van der Waals surface area contributed by atoms with Crippen LogP contribution in [-0.4, -0.2) is 33.2 Å². The van der Waals surface area contributed by atoms with Crippen LogP contribution in [0.3, 0.4) is 0 Å². The Morgan fingerprint density at radius 2 is 1.76 bits per heavy atom. The molecule has 4 aromatic rings. The molecule has 0 saturated heterocycles. The van der Waals surface area contributed by atoms with Crippen LogP contribution in [0.4, 0.5) is 0 Å². The Kier molecular flexibility index (Phi) is 5.14. The lowest BCUT2D eigenvalue weighted by molar-refractivity contribution is 0.0772. The summed E-state index contributed by atoms with van der Waals surface area (Å²) in [6.07, 6.45) is 0. The van der Waals surface area contributed by atoms with Crippen molar-refractivity contribution in [3.05, 3.63) is 76.8 Å². The largest absolute Gasteiger partial charge is 0.419 e. The average Bonchev–Trinajstić information content (AvgIpc) is 3.35. The van der Waals surface area contributed by atoms with Gasteiger partial charge in [-0.15, -0.1) is 10.2 Å². The van der Waals surface area contributed by atoms with Gasteiger partial charge in [-0.2, -0.15) is 0 Å². The fourth-order valence-electron chi connectivity index (χ4n) is 2.91. The van der Waals surface area contributed by atoms with Crippen LogP contribution in [-0.2, 0) is 6.54 Å². The molecule has 7 nitrogen and oxygen atoms in total. The lowest BCUT2D eigenvalue weighted by Gasteiger charge is -2.15. The van der Waals surface area contributed by atoms with Gasteiger partial charge < -0.3 is 13.8 Å². The number of carbonyl (C=O) groups excluding carboxylic acids is 1. The van der Waals surface area contributed by atoms with Crippen molar-refractivity contribution in [2.24, 2.45) is 0 Å². The molecule has 4 rings (SSSR count). The Labute approximate surface area is 171 Å². The monoisotopic (exact) mass is 408 g/mol. The smallest absolute Gasteiger partial charge is 0.259 e. The van der Waals surface area contributed by atoms with Crippen molar-refractivity contribution in [1.82, 2.24) is 20.3 Å². The molecule has 0 aliphatic carbocycles. The maximum absolute atomic E-state index is 13.1. The quantitative estimate of drug-likeness (QED) is 0.478. The van der Waals surface area contributed by atoms with E-state index in [-0.39, 0.29) is 12.5 Å². The minimum absolute atomic E-state index is 0.156. The van der Waals surface area contributed by atoms with Crippen molar-refractivity contribution < 1.29 is 13.7 Å². The molecule has 0 N–H and O–H groups in total. The number of hydrogen-bond acceptors (Lipinski definition) is 6. The molecular formula is C21H17ClN4O3. The van der Waals surface area contributed by atoms with Crippen LogP contribution >= 0.6 is 11.6 Å². The van der Waals surface area contributed by atoms with Crippen molar-refractivity contribution >= 4 is 17.5 Å². The van der Waals surface area contributed by atoms with Gasteiger partial charge in [0, 0.05) is 23.2 Å². The summed E-state index contributed by atoms with van der Waals surface area (Å²) in [6, 6.07) is 16.5. The fourth-order valence-corrected chi connectivity index (χ4v) is 3.04. The maximum Gasteiger partial charge on any atom is 0.259 e. The number of amides is 1. The Hall–Kier alpha value is -3.45. The van der Waals surface area contributed by atoms with Crippen LogP contribution in [0.2, 0.25) is 5.02 Å². The van der Waals surface area contributed by atoms with Gasteiger partial charge in [-0.1, -0.05) is 47.1 Å². The summed E-state index contributed by atoms with van der Waals surface area (Å²) in [5, 5.41) is 12.8. The van der Waals surface area contributed by atoms with Crippen LogP contribution < -0.4 is 0 Å². The molecule has 2 aromatic heterocycles. The van der Waals surface area contributed by atoms with E-state index in [2.05, 4.69) is 15.4 Å². The Morgan fingerprint density at radius 3 is 2.48 bits per heavy atom. The van der Waals surface area contributed by atoms with E-state index in [1.54, 1.807) is 38.2 Å². The highest BCUT2D eigenvalue weighted by Gasteiger charge is 2.25. The SMILES string of the molecule is Cc1onc(-c2ccc(Cl)cc2)c1C(=O)N(C)Cc1nnc(-c2ccccc2)o1. The first-order valence-corrected chi connectivity index (χ1v) is 9.26. The van der Waals surface area contributed by atoms with E-state index in [9.17, 15) is 4.79 Å². The van der Waals surface area contributed by atoms with Crippen LogP contribution in [0.5, 0.6) is 0 Å². The van der Waals surface area contributed by atoms with Crippen LogP contribution in [0.25, 0.3) is 22.7 Å². The van der Waals surface area contributed by atoms with E-state index in [0.29, 0.717) is 33.8 Å². The number of hydrogen-bond donors (Lipinski definition) is 0. The van der Waals surface area contributed by atoms with E-state index in [1.807, 2.05) is 30.3 Å². The summed E-state index contributed by atoms with van der Waals surface area (Å²) in [7, 11) is 1.66. The van der Waals surface area contributed by atoms with Gasteiger partial charge in [0.25, 0.3) is 5.91 Å². The molecular weight excluding hydrogens is 392 g/mol. The number of carbonyl (C=O) groups is 1. The molecule has 8 heteroatoms. The van der Waals surface area contributed by atoms with Gasteiger partial charge in [0.2, 0.25) is 11.8 Å². The van der Waals surface area contributed by atoms with Gasteiger partial charge in [-0.25, -0.2) is 0 Å². The van der Waals surface area contributed by atoms with Gasteiger partial charge in [-0.05, 0) is 31.2 Å². The predicted molar refractivity (Wildman–Crippen MR) is 107 cm³/mol. The van der Waals surface area contributed by atoms with Gasteiger partial charge >= 0.3 is 0 Å². The minimum Gasteiger partial charge on any atom is -0.419 e. The molecule has 29 heavy (non-hydrogen) atoms. The number of aromatic nitrogens is 3. The Balaban J connectivity index is 1.55. The highest BCUT2D eigenvalue weighted by atomic mass is 35.5. The van der Waals surface area contributed by atoms with E-state index in [0.717, 1.165) is 11.1 Å². The van der Waals surface area contributed by atoms with Crippen LogP contribution in [0.15, 0.2) is 63.5 Å². The molecule has 0 saturated carbocycles. The van der Waals surface area contributed by atoms with Gasteiger partial charge in [0.05, 0.1) is 6.54 Å². The molecule has 0 bridgehead atoms. The second kappa shape index (κ2) is 7.89. The first-order valence-electron chi connectivity index (χ1n) is 8.88. The number of nitrogens with zero attached hydrogens (tertiary/aromatic N) is 4. The summed E-state index contributed by atoms with van der Waals surface area (Å²) in [5.41, 5.74) is 2.41. The third-order valence-corrected chi connectivity index (χ3v) is 4.65. The average molecular weight is 409 g/mol. The maximum atomic E-state index is 13.1. The van der Waals surface area contributed by atoms with Crippen LogP contribution in [0, 0.1) is 6.92 Å². The Morgan fingerprint density at radius 1 is 1.03 bits per heavy atom. The zero-order chi connectivity index (χ0) is 20.4. The van der Waals surface area contributed by atoms with Crippen molar-refractivity contribution in [3.63, 3.8) is 0 Å². The van der Waals surface area contributed by atoms with E-state index in [1.165, 1.54) is 4.90 Å². The Bertz CT molecular complexity index is 1140. The fraction of sp³-hybridized carbons (Fsp3) is 0.143. The van der Waals surface area contributed by atoms with Crippen molar-refractivity contribution in [1.29, 1.82) is 0 Å². The predicted octanol–water partition coefficient (Wildman–Crippen LogP) is 4.63. The van der Waals surface area contributed by atoms with E-state index >= 15 is 0 Å². The number of benzene rings is 2. The minimum atomic E-state index is -0.256. The standard InChI is InChI=1S/C21H17ClN4O3/c1-13-18(19(25-29-13)14-8-10-16(22)11-9-14)21(27)26(2)12-17-23-24-20(28-17)15-6-4-3-5-7-15/h3-11H,12H2,1-2H3. The second-order valence-electron chi connectivity index (χ2n) is 6.50. The van der Waals surface area contributed by atoms with Crippen molar-refractivity contribution in [2.45, 2.75) is 13.5 Å². The lowest BCUT2D eigenvalue weighted by atomic mass is 10.1. The summed E-state index contributed by atoms with van der Waals surface area (Å²) >= 11 is 5.95. The van der Waals surface area contributed by atoms with E-state index in [4.69, 9.17) is 20.5 Å². The summed E-state index contributed by atoms with van der Waals surface area (Å²) in [5.74, 6) is 0.918. The summed E-state index contributed by atoms with van der Waals surface area (Å²) < 4.78 is 11.0. The molecule has 0 atom stereocenters. The highest BCUT2D eigenvalue weighted by Crippen LogP contribution is 2.28. The topological polar surface area (TPSA) is 85.3 Å². The third-order valence-electron chi connectivity index (χ3n) is 4.40. The lowest BCUT2D eigenvalue weighted by Crippen LogP contribution is -2.27. The van der Waals surface area contributed by atoms with Crippen molar-refractivity contribution in [3.8, 4) is 22.7 Å². The second-order valence-corrected chi connectivity index (χ2v) is 6.93. The van der Waals surface area contributed by atoms with Crippen molar-refractivity contribution in [2.75, 3.05) is 7.05 Å². The normalized spacial score (nSPS) is 10.9. The van der Waals surface area contributed by atoms with E-state index < -0.39 is 0 Å². The first-order chi connectivity index (χ1) is 14.0. The molecule has 1 amide bonds. The van der Waals surface area contributed by atoms with Gasteiger partial charge in [0.15, 0.2) is 0 Å². The first kappa shape index (κ1) is 18.9. The molecule has 0 fully saturated rings. The molecule has 2 aromatic carbocycles. The number of rotatable bonds is 5. The molecule has 0 unspecified atom stereocenters. The highest BCUT2D eigenvalue weighted by molar-refractivity contribution is 6.30. The van der Waals surface area contributed by atoms with Gasteiger partial charge in [0.1, 0.15) is 17.0 Å². The van der Waals surface area contributed by atoms with Crippen LogP contribution in [0.1, 0.15) is 22.0 Å². The molecule has 146 valence electrons. The molecule has 0 aliphatic rings. The zero-order valence-electron chi connectivity index (χ0n) is 15.8. The van der Waals surface area contributed by atoms with Gasteiger partial charge in [-0.3, -0.25) is 4.79 Å². The summed E-state index contributed by atoms with van der Waals surface area (Å²) in [4.78, 5) is 14.6. The molecule has 0 aliphatic heterocycles. The molecule has 2 heterocycles. The number of aryl methyl sites for hydroxylation is 1.